The molecule has 0 spiro atoms. The van der Waals surface area contributed by atoms with Gasteiger partial charge in [0.2, 0.25) is 11.9 Å². The number of pyridine rings is 1. The molecule has 1 amide bonds. The Morgan fingerprint density at radius 2 is 1.90 bits per heavy atom. The molecule has 1 saturated heterocycles. The van der Waals surface area contributed by atoms with Gasteiger partial charge in [-0.25, -0.2) is 9.97 Å². The summed E-state index contributed by atoms with van der Waals surface area (Å²) in [5, 5.41) is 7.04. The van der Waals surface area contributed by atoms with E-state index < -0.39 is 17.5 Å². The fourth-order valence-corrected chi connectivity index (χ4v) is 5.08. The van der Waals surface area contributed by atoms with Crippen LogP contribution in [0.3, 0.4) is 0 Å². The van der Waals surface area contributed by atoms with Crippen molar-refractivity contribution in [1.29, 1.82) is 0 Å². The van der Waals surface area contributed by atoms with Crippen molar-refractivity contribution in [3.63, 3.8) is 0 Å². The molecule has 13 heteroatoms. The van der Waals surface area contributed by atoms with Crippen molar-refractivity contribution in [1.82, 2.24) is 34.9 Å². The van der Waals surface area contributed by atoms with E-state index >= 15 is 0 Å². The molecule has 1 atom stereocenters. The number of rotatable bonds is 6. The maximum Gasteiger partial charge on any atom is 0.403 e. The number of H-pyrrole nitrogens is 1. The molecule has 4 aromatic rings. The number of carbonyl (C=O) groups is 1. The van der Waals surface area contributed by atoms with Gasteiger partial charge in [0.25, 0.3) is 5.89 Å². The third-order valence-corrected chi connectivity index (χ3v) is 7.62. The molecule has 204 valence electrons. The average molecular weight is 541 g/mol. The van der Waals surface area contributed by atoms with Crippen molar-refractivity contribution in [3.8, 4) is 11.5 Å². The number of nitrogens with one attached hydrogen (secondary N) is 2. The van der Waals surface area contributed by atoms with Gasteiger partial charge in [-0.05, 0) is 62.6 Å². The predicted octanol–water partition coefficient (Wildman–Crippen LogP) is 4.61. The molecule has 0 bridgehead atoms. The van der Waals surface area contributed by atoms with Crippen LogP contribution in [0.1, 0.15) is 37.2 Å². The number of aryl methyl sites for hydroxylation is 1. The van der Waals surface area contributed by atoms with E-state index in [1.165, 1.54) is 4.90 Å². The van der Waals surface area contributed by atoms with Gasteiger partial charge in [-0.15, -0.1) is 0 Å². The highest BCUT2D eigenvalue weighted by atomic mass is 19.4. The first-order chi connectivity index (χ1) is 18.6. The van der Waals surface area contributed by atoms with Gasteiger partial charge >= 0.3 is 6.18 Å². The van der Waals surface area contributed by atoms with Crippen LogP contribution in [0.15, 0.2) is 41.1 Å². The van der Waals surface area contributed by atoms with Crippen LogP contribution in [0.2, 0.25) is 0 Å². The number of benzene rings is 1. The summed E-state index contributed by atoms with van der Waals surface area (Å²) in [4.78, 5) is 32.6. The van der Waals surface area contributed by atoms with E-state index in [0.29, 0.717) is 36.6 Å². The number of alkyl halides is 3. The van der Waals surface area contributed by atoms with Gasteiger partial charge in [0.1, 0.15) is 11.2 Å². The number of halogens is 3. The second kappa shape index (κ2) is 9.33. The Kier molecular flexibility index (Phi) is 6.05. The van der Waals surface area contributed by atoms with Crippen molar-refractivity contribution < 1.29 is 22.5 Å². The number of piperazine rings is 1. The van der Waals surface area contributed by atoms with E-state index in [2.05, 4.69) is 35.3 Å². The Morgan fingerprint density at radius 1 is 1.13 bits per heavy atom. The second-order valence-electron chi connectivity index (χ2n) is 10.1. The summed E-state index contributed by atoms with van der Waals surface area (Å²) in [6.45, 7) is 5.35. The SMILES string of the molecule is Cc1noc(-c2ccc3nc(Nc4cc(C(C)N5CCN(C(=O)C6(C(F)(F)F)CC6)CC5)ccn4)[nH]c3c2)n1. The van der Waals surface area contributed by atoms with E-state index in [-0.39, 0.29) is 32.0 Å². The summed E-state index contributed by atoms with van der Waals surface area (Å²) in [5.41, 5.74) is 1.16. The lowest BCUT2D eigenvalue weighted by Gasteiger charge is -2.39. The van der Waals surface area contributed by atoms with Crippen LogP contribution < -0.4 is 5.32 Å². The average Bonchev–Trinajstić information content (AvgIpc) is 3.50. The fraction of sp³-hybridized carbons (Fsp3) is 0.423. The molecule has 1 aliphatic carbocycles. The Morgan fingerprint density at radius 3 is 2.56 bits per heavy atom. The Balaban J connectivity index is 1.11. The molecule has 1 aromatic carbocycles. The van der Waals surface area contributed by atoms with Crippen molar-refractivity contribution in [2.45, 2.75) is 38.9 Å². The zero-order chi connectivity index (χ0) is 27.4. The number of fused-ring (bicyclic) bond motifs is 1. The first-order valence-corrected chi connectivity index (χ1v) is 12.8. The highest BCUT2D eigenvalue weighted by molar-refractivity contribution is 5.86. The minimum Gasteiger partial charge on any atom is -0.339 e. The first kappa shape index (κ1) is 25.3. The number of aromatic nitrogens is 5. The van der Waals surface area contributed by atoms with Gasteiger partial charge in [0.15, 0.2) is 5.82 Å². The highest BCUT2D eigenvalue weighted by Crippen LogP contribution is 2.58. The van der Waals surface area contributed by atoms with Crippen molar-refractivity contribution in [2.75, 3.05) is 31.5 Å². The summed E-state index contributed by atoms with van der Waals surface area (Å²) in [6, 6.07) is 9.43. The Hall–Kier alpha value is -4.00. The van der Waals surface area contributed by atoms with Crippen LogP contribution >= 0.6 is 0 Å². The summed E-state index contributed by atoms with van der Waals surface area (Å²) >= 11 is 0. The minimum absolute atomic E-state index is 0.0144. The molecule has 1 unspecified atom stereocenters. The number of imidazole rings is 1. The normalized spacial score (nSPS) is 18.3. The molecular formula is C26H27F3N8O2. The zero-order valence-electron chi connectivity index (χ0n) is 21.4. The molecule has 39 heavy (non-hydrogen) atoms. The van der Waals surface area contributed by atoms with Crippen LogP contribution in [0.25, 0.3) is 22.5 Å². The van der Waals surface area contributed by atoms with E-state index in [1.54, 1.807) is 13.1 Å². The lowest BCUT2D eigenvalue weighted by Crippen LogP contribution is -2.53. The highest BCUT2D eigenvalue weighted by Gasteiger charge is 2.69. The summed E-state index contributed by atoms with van der Waals surface area (Å²) in [6.07, 6.45) is -3.00. The molecule has 1 saturated carbocycles. The minimum atomic E-state index is -4.48. The smallest absolute Gasteiger partial charge is 0.339 e. The third-order valence-electron chi connectivity index (χ3n) is 7.62. The number of nitrogens with zero attached hydrogens (tertiary/aromatic N) is 6. The number of hydrogen-bond donors (Lipinski definition) is 2. The lowest BCUT2D eigenvalue weighted by atomic mass is 10.0. The van der Waals surface area contributed by atoms with Crippen LogP contribution in [0, 0.1) is 12.3 Å². The van der Waals surface area contributed by atoms with E-state index in [0.717, 1.165) is 22.2 Å². The molecule has 1 aliphatic heterocycles. The number of aromatic amines is 1. The van der Waals surface area contributed by atoms with Gasteiger partial charge < -0.3 is 19.7 Å². The van der Waals surface area contributed by atoms with Crippen molar-refractivity contribution in [3.05, 3.63) is 47.9 Å². The van der Waals surface area contributed by atoms with E-state index in [9.17, 15) is 18.0 Å². The molecular weight excluding hydrogens is 513 g/mol. The lowest BCUT2D eigenvalue weighted by molar-refractivity contribution is -0.199. The van der Waals surface area contributed by atoms with Crippen LogP contribution in [-0.2, 0) is 4.79 Å². The quantitative estimate of drug-likeness (QED) is 0.364. The molecule has 2 aliphatic rings. The molecule has 2 N–H and O–H groups in total. The molecule has 0 radical (unpaired) electrons. The monoisotopic (exact) mass is 540 g/mol. The van der Waals surface area contributed by atoms with Crippen LogP contribution in [0.4, 0.5) is 24.9 Å². The zero-order valence-corrected chi connectivity index (χ0v) is 21.4. The summed E-state index contributed by atoms with van der Waals surface area (Å²) in [5.74, 6) is 1.33. The molecule has 4 heterocycles. The summed E-state index contributed by atoms with van der Waals surface area (Å²) in [7, 11) is 0. The molecule has 3 aromatic heterocycles. The number of anilines is 2. The third kappa shape index (κ3) is 4.71. The van der Waals surface area contributed by atoms with Crippen molar-refractivity contribution >= 4 is 28.7 Å². The maximum absolute atomic E-state index is 13.4. The summed E-state index contributed by atoms with van der Waals surface area (Å²) < 4.78 is 45.4. The van der Waals surface area contributed by atoms with E-state index in [4.69, 9.17) is 4.52 Å². The topological polar surface area (TPSA) is 116 Å². The second-order valence-corrected chi connectivity index (χ2v) is 10.1. The number of amides is 1. The van der Waals surface area contributed by atoms with Crippen LogP contribution in [0.5, 0.6) is 0 Å². The molecule has 10 nitrogen and oxygen atoms in total. The van der Waals surface area contributed by atoms with Gasteiger partial charge in [-0.1, -0.05) is 5.16 Å². The van der Waals surface area contributed by atoms with Gasteiger partial charge in [0, 0.05) is 44.0 Å². The standard InChI is InChI=1S/C26H27F3N8O2/c1-15(36-9-11-37(12-10-36)23(38)25(6-7-25)26(27,28)29)17-5-8-30-21(14-17)34-24-32-19-4-3-18(13-20(19)33-24)22-31-16(2)35-39-22/h3-5,8,13-15H,6-7,9-12H2,1-2H3,(H2,30,32,33,34). The first-order valence-electron chi connectivity index (χ1n) is 12.8. The van der Waals surface area contributed by atoms with Gasteiger partial charge in [-0.3, -0.25) is 9.69 Å². The maximum atomic E-state index is 13.4. The predicted molar refractivity (Wildman–Crippen MR) is 136 cm³/mol. The largest absolute Gasteiger partial charge is 0.403 e. The molecule has 2 fully saturated rings. The van der Waals surface area contributed by atoms with Crippen molar-refractivity contribution in [2.24, 2.45) is 5.41 Å². The Labute approximate surface area is 221 Å². The number of hydrogen-bond acceptors (Lipinski definition) is 8. The molecule has 6 rings (SSSR count). The van der Waals surface area contributed by atoms with Crippen LogP contribution in [-0.4, -0.2) is 73.2 Å². The number of carbonyl (C=O) groups excluding carboxylic acids is 1. The van der Waals surface area contributed by atoms with E-state index in [1.807, 2.05) is 37.3 Å². The fourth-order valence-electron chi connectivity index (χ4n) is 5.08. The Bertz CT molecular complexity index is 1520. The van der Waals surface area contributed by atoms with Gasteiger partial charge in [-0.2, -0.15) is 18.2 Å². The van der Waals surface area contributed by atoms with Gasteiger partial charge in [0.05, 0.1) is 11.0 Å².